The van der Waals surface area contributed by atoms with Crippen molar-refractivity contribution in [1.29, 1.82) is 0 Å². The predicted octanol–water partition coefficient (Wildman–Crippen LogP) is 6.97. The molecule has 0 radical (unpaired) electrons. The van der Waals surface area contributed by atoms with E-state index in [9.17, 15) is 0 Å². The lowest BCUT2D eigenvalue weighted by Gasteiger charge is -2.30. The predicted molar refractivity (Wildman–Crippen MR) is 114 cm³/mol. The highest BCUT2D eigenvalue weighted by molar-refractivity contribution is 5.94. The van der Waals surface area contributed by atoms with Gasteiger partial charge in [-0.1, -0.05) is 104 Å². The highest BCUT2D eigenvalue weighted by Crippen LogP contribution is 2.62. The van der Waals surface area contributed by atoms with Gasteiger partial charge in [0.25, 0.3) is 0 Å². The quantitative estimate of drug-likeness (QED) is 0.278. The van der Waals surface area contributed by atoms with Crippen molar-refractivity contribution in [2.45, 2.75) is 19.8 Å². The topological polar surface area (TPSA) is 0 Å². The summed E-state index contributed by atoms with van der Waals surface area (Å²) in [6.07, 6.45) is 0. The summed E-state index contributed by atoms with van der Waals surface area (Å²) in [5.74, 6) is 0. The van der Waals surface area contributed by atoms with Crippen LogP contribution in [0.1, 0.15) is 35.2 Å². The molecule has 6 rings (SSSR count). The van der Waals surface area contributed by atoms with E-state index < -0.39 is 0 Å². The molecule has 4 aromatic rings. The Morgan fingerprint density at radius 2 is 0.889 bits per heavy atom. The largest absolute Gasteiger partial charge is 0.0776 e. The van der Waals surface area contributed by atoms with Crippen LogP contribution in [0, 0.1) is 6.92 Å². The first-order chi connectivity index (χ1) is 12.8. The van der Waals surface area contributed by atoms with Gasteiger partial charge in [0.1, 0.15) is 0 Å². The molecular weight excluding hydrogens is 324 g/mol. The van der Waals surface area contributed by atoms with Crippen LogP contribution in [0.2, 0.25) is 0 Å². The minimum Gasteiger partial charge on any atom is -0.0776 e. The minimum atomic E-state index is -0.189. The highest BCUT2D eigenvalue weighted by Gasteiger charge is 2.51. The molecule has 0 heterocycles. The maximum absolute atomic E-state index is 2.40. The smallest absolute Gasteiger partial charge is 0.0725 e. The fourth-order valence-corrected chi connectivity index (χ4v) is 5.21. The third kappa shape index (κ3) is 1.78. The van der Waals surface area contributed by atoms with Crippen LogP contribution < -0.4 is 0 Å². The average molecular weight is 346 g/mol. The second-order valence-electron chi connectivity index (χ2n) is 7.44. The van der Waals surface area contributed by atoms with Crippen molar-refractivity contribution < 1.29 is 0 Å². The van der Waals surface area contributed by atoms with Crippen LogP contribution in [0.15, 0.2) is 91.0 Å². The number of hydrogen-bond donors (Lipinski definition) is 0. The number of fused-ring (bicyclic) bond motifs is 10. The van der Waals surface area contributed by atoms with Gasteiger partial charge in [0, 0.05) is 0 Å². The molecule has 27 heavy (non-hydrogen) atoms. The standard InChI is InChI=1S/C26H18.CH4/c1-17-14-15-21-20-10-4-7-13-24(20)26(25(21)16-17)22-11-5-2-8-18(22)19-9-3-6-12-23(19)26;/h2-16H,1H3;1H4. The van der Waals surface area contributed by atoms with Gasteiger partial charge in [-0.05, 0) is 51.4 Å². The maximum Gasteiger partial charge on any atom is 0.0725 e. The van der Waals surface area contributed by atoms with Crippen molar-refractivity contribution in [1.82, 2.24) is 0 Å². The van der Waals surface area contributed by atoms with E-state index in [-0.39, 0.29) is 12.8 Å². The fourth-order valence-electron chi connectivity index (χ4n) is 5.21. The Kier molecular flexibility index (Phi) is 3.24. The molecule has 0 atom stereocenters. The molecule has 0 nitrogen and oxygen atoms in total. The molecule has 1 spiro atoms. The molecule has 0 fully saturated rings. The van der Waals surface area contributed by atoms with E-state index in [1.54, 1.807) is 0 Å². The van der Waals surface area contributed by atoms with Crippen LogP contribution in [0.5, 0.6) is 0 Å². The van der Waals surface area contributed by atoms with E-state index in [4.69, 9.17) is 0 Å². The second-order valence-corrected chi connectivity index (χ2v) is 7.44. The van der Waals surface area contributed by atoms with Crippen molar-refractivity contribution in [2.24, 2.45) is 0 Å². The van der Waals surface area contributed by atoms with Crippen LogP contribution in [0.25, 0.3) is 22.3 Å². The molecule has 0 saturated carbocycles. The molecule has 0 N–H and O–H groups in total. The summed E-state index contributed by atoms with van der Waals surface area (Å²) in [7, 11) is 0. The third-order valence-corrected chi connectivity index (χ3v) is 6.15. The molecule has 0 unspecified atom stereocenters. The van der Waals surface area contributed by atoms with Crippen LogP contribution in [-0.4, -0.2) is 0 Å². The van der Waals surface area contributed by atoms with Crippen molar-refractivity contribution in [3.8, 4) is 22.3 Å². The van der Waals surface area contributed by atoms with Crippen LogP contribution in [0.3, 0.4) is 0 Å². The average Bonchev–Trinajstić information content (AvgIpc) is 3.15. The number of benzene rings is 4. The van der Waals surface area contributed by atoms with Gasteiger partial charge < -0.3 is 0 Å². The summed E-state index contributed by atoms with van der Waals surface area (Å²) >= 11 is 0. The first kappa shape index (κ1) is 16.1. The van der Waals surface area contributed by atoms with Gasteiger partial charge in [0.05, 0.1) is 5.41 Å². The summed E-state index contributed by atoms with van der Waals surface area (Å²) < 4.78 is 0. The van der Waals surface area contributed by atoms with Gasteiger partial charge in [0.2, 0.25) is 0 Å². The molecular formula is C27H22. The Balaban J connectivity index is 0.00000160. The van der Waals surface area contributed by atoms with E-state index in [2.05, 4.69) is 97.9 Å². The van der Waals surface area contributed by atoms with Crippen molar-refractivity contribution in [3.63, 3.8) is 0 Å². The van der Waals surface area contributed by atoms with E-state index in [0.29, 0.717) is 0 Å². The molecule has 0 heteroatoms. The molecule has 130 valence electrons. The normalized spacial score (nSPS) is 14.1. The lowest BCUT2D eigenvalue weighted by atomic mass is 9.70. The van der Waals surface area contributed by atoms with E-state index in [1.807, 2.05) is 0 Å². The monoisotopic (exact) mass is 346 g/mol. The zero-order valence-corrected chi connectivity index (χ0v) is 14.7. The lowest BCUT2D eigenvalue weighted by molar-refractivity contribution is 0.792. The van der Waals surface area contributed by atoms with Gasteiger partial charge >= 0.3 is 0 Å². The molecule has 2 aliphatic carbocycles. The lowest BCUT2D eigenvalue weighted by Crippen LogP contribution is -2.25. The van der Waals surface area contributed by atoms with Gasteiger partial charge in [-0.15, -0.1) is 0 Å². The summed E-state index contributed by atoms with van der Waals surface area (Å²) in [5, 5.41) is 0. The molecule has 0 aromatic heterocycles. The van der Waals surface area contributed by atoms with E-state index in [1.165, 1.54) is 50.1 Å². The van der Waals surface area contributed by atoms with Gasteiger partial charge in [0.15, 0.2) is 0 Å². The highest BCUT2D eigenvalue weighted by atomic mass is 14.5. The SMILES string of the molecule is C.Cc1ccc2c(c1)C1(c3ccccc3-c3ccccc31)c1ccccc1-2. The Labute approximate surface area is 161 Å². The summed E-state index contributed by atoms with van der Waals surface area (Å²) in [6.45, 7) is 2.20. The first-order valence-corrected chi connectivity index (χ1v) is 9.22. The first-order valence-electron chi connectivity index (χ1n) is 9.22. The van der Waals surface area contributed by atoms with Gasteiger partial charge in [-0.3, -0.25) is 0 Å². The van der Waals surface area contributed by atoms with Gasteiger partial charge in [-0.2, -0.15) is 0 Å². The molecule has 0 amide bonds. The maximum atomic E-state index is 2.40. The second kappa shape index (κ2) is 5.44. The Morgan fingerprint density at radius 3 is 1.37 bits per heavy atom. The minimum absolute atomic E-state index is 0. The molecule has 0 bridgehead atoms. The van der Waals surface area contributed by atoms with Gasteiger partial charge in [-0.25, -0.2) is 0 Å². The third-order valence-electron chi connectivity index (χ3n) is 6.15. The summed E-state index contributed by atoms with van der Waals surface area (Å²) in [4.78, 5) is 0. The molecule has 0 saturated heterocycles. The molecule has 4 aromatic carbocycles. The van der Waals surface area contributed by atoms with Crippen molar-refractivity contribution >= 4 is 0 Å². The number of hydrogen-bond acceptors (Lipinski definition) is 0. The van der Waals surface area contributed by atoms with Crippen LogP contribution in [-0.2, 0) is 5.41 Å². The molecule has 0 aliphatic heterocycles. The van der Waals surface area contributed by atoms with E-state index in [0.717, 1.165) is 0 Å². The Bertz CT molecular complexity index is 1130. The van der Waals surface area contributed by atoms with E-state index >= 15 is 0 Å². The zero-order chi connectivity index (χ0) is 17.3. The zero-order valence-electron chi connectivity index (χ0n) is 14.7. The summed E-state index contributed by atoms with van der Waals surface area (Å²) in [5.41, 5.74) is 12.3. The number of rotatable bonds is 0. The Hall–Kier alpha value is -3.12. The van der Waals surface area contributed by atoms with Crippen LogP contribution >= 0.6 is 0 Å². The number of aryl methyl sites for hydroxylation is 1. The van der Waals surface area contributed by atoms with Crippen molar-refractivity contribution in [2.75, 3.05) is 0 Å². The Morgan fingerprint density at radius 1 is 0.481 bits per heavy atom. The fraction of sp³-hybridized carbons (Fsp3) is 0.111. The van der Waals surface area contributed by atoms with Crippen molar-refractivity contribution in [3.05, 3.63) is 119 Å². The van der Waals surface area contributed by atoms with Crippen LogP contribution in [0.4, 0.5) is 0 Å². The summed E-state index contributed by atoms with van der Waals surface area (Å²) in [6, 6.07) is 33.8. The molecule has 2 aliphatic rings.